The number of hydrogen-bond acceptors (Lipinski definition) is 3. The number of thiazole rings is 1. The van der Waals surface area contributed by atoms with Crippen LogP contribution in [0, 0.1) is 13.8 Å². The van der Waals surface area contributed by atoms with Crippen LogP contribution in [0.1, 0.15) is 21.1 Å². The number of rotatable bonds is 4. The van der Waals surface area contributed by atoms with Gasteiger partial charge in [0.1, 0.15) is 17.4 Å². The predicted molar refractivity (Wildman–Crippen MR) is 71.9 cm³/mol. The third-order valence-corrected chi connectivity index (χ3v) is 3.87. The highest BCUT2D eigenvalue weighted by Crippen LogP contribution is 2.19. The normalized spacial score (nSPS) is 10.5. The standard InChI is InChI=1S/C13H14ClNOS/c1-9-10(2)17-13(15-9)8-16-12-5-3-11(7-14)4-6-12/h3-6H,7-8H2,1-2H3. The van der Waals surface area contributed by atoms with Gasteiger partial charge in [-0.15, -0.1) is 22.9 Å². The van der Waals surface area contributed by atoms with E-state index in [2.05, 4.69) is 11.9 Å². The number of halogens is 1. The van der Waals surface area contributed by atoms with Crippen molar-refractivity contribution >= 4 is 22.9 Å². The Labute approximate surface area is 110 Å². The smallest absolute Gasteiger partial charge is 0.140 e. The quantitative estimate of drug-likeness (QED) is 0.779. The molecule has 0 amide bonds. The van der Waals surface area contributed by atoms with Crippen molar-refractivity contribution < 1.29 is 4.74 Å². The summed E-state index contributed by atoms with van der Waals surface area (Å²) in [5, 5.41) is 1.02. The highest BCUT2D eigenvalue weighted by Gasteiger charge is 2.04. The third kappa shape index (κ3) is 3.20. The molecule has 4 heteroatoms. The molecule has 2 nitrogen and oxygen atoms in total. The Balaban J connectivity index is 1.97. The molecule has 0 aliphatic heterocycles. The fraction of sp³-hybridized carbons (Fsp3) is 0.308. The van der Waals surface area contributed by atoms with Gasteiger partial charge >= 0.3 is 0 Å². The lowest BCUT2D eigenvalue weighted by molar-refractivity contribution is 0.305. The fourth-order valence-corrected chi connectivity index (χ4v) is 2.45. The first-order valence-electron chi connectivity index (χ1n) is 5.39. The Morgan fingerprint density at radius 3 is 2.47 bits per heavy atom. The van der Waals surface area contributed by atoms with Crippen LogP contribution in [0.2, 0.25) is 0 Å². The van der Waals surface area contributed by atoms with Crippen molar-refractivity contribution in [2.45, 2.75) is 26.3 Å². The SMILES string of the molecule is Cc1nc(COc2ccc(CCl)cc2)sc1C. The number of aromatic nitrogens is 1. The Hall–Kier alpha value is -1.06. The largest absolute Gasteiger partial charge is 0.486 e. The van der Waals surface area contributed by atoms with E-state index in [0.717, 1.165) is 22.0 Å². The molecule has 0 N–H and O–H groups in total. The first-order valence-corrected chi connectivity index (χ1v) is 6.75. The van der Waals surface area contributed by atoms with E-state index >= 15 is 0 Å². The highest BCUT2D eigenvalue weighted by molar-refractivity contribution is 7.11. The summed E-state index contributed by atoms with van der Waals surface area (Å²) in [6.45, 7) is 4.62. The summed E-state index contributed by atoms with van der Waals surface area (Å²) in [7, 11) is 0. The molecule has 1 aromatic heterocycles. The van der Waals surface area contributed by atoms with Crippen LogP contribution in [0.4, 0.5) is 0 Å². The van der Waals surface area contributed by atoms with Crippen molar-refractivity contribution in [2.24, 2.45) is 0 Å². The Morgan fingerprint density at radius 1 is 1.24 bits per heavy atom. The number of hydrogen-bond donors (Lipinski definition) is 0. The second kappa shape index (κ2) is 5.52. The Kier molecular flexibility index (Phi) is 4.02. The van der Waals surface area contributed by atoms with Gasteiger partial charge in [-0.1, -0.05) is 12.1 Å². The molecule has 17 heavy (non-hydrogen) atoms. The average Bonchev–Trinajstić information content (AvgIpc) is 2.67. The van der Waals surface area contributed by atoms with Crippen LogP contribution in [0.3, 0.4) is 0 Å². The molecule has 0 fully saturated rings. The molecular formula is C13H14ClNOS. The molecule has 0 saturated heterocycles. The molecule has 0 saturated carbocycles. The first kappa shape index (κ1) is 12.4. The monoisotopic (exact) mass is 267 g/mol. The summed E-state index contributed by atoms with van der Waals surface area (Å²) in [4.78, 5) is 5.68. The zero-order valence-electron chi connectivity index (χ0n) is 9.87. The van der Waals surface area contributed by atoms with Gasteiger partial charge in [0.15, 0.2) is 0 Å². The molecular weight excluding hydrogens is 254 g/mol. The molecule has 1 aromatic carbocycles. The number of ether oxygens (including phenoxy) is 1. The molecule has 90 valence electrons. The van der Waals surface area contributed by atoms with Gasteiger partial charge in [0.2, 0.25) is 0 Å². The van der Waals surface area contributed by atoms with E-state index in [4.69, 9.17) is 16.3 Å². The van der Waals surface area contributed by atoms with Crippen molar-refractivity contribution in [3.8, 4) is 5.75 Å². The topological polar surface area (TPSA) is 22.1 Å². The highest BCUT2D eigenvalue weighted by atomic mass is 35.5. The van der Waals surface area contributed by atoms with Gasteiger partial charge in [0.05, 0.1) is 5.69 Å². The van der Waals surface area contributed by atoms with Gasteiger partial charge in [-0.3, -0.25) is 0 Å². The van der Waals surface area contributed by atoms with Crippen molar-refractivity contribution in [3.05, 3.63) is 45.4 Å². The van der Waals surface area contributed by atoms with E-state index in [1.807, 2.05) is 31.2 Å². The maximum absolute atomic E-state index is 5.72. The molecule has 0 radical (unpaired) electrons. The van der Waals surface area contributed by atoms with Gasteiger partial charge in [-0.2, -0.15) is 0 Å². The van der Waals surface area contributed by atoms with Gasteiger partial charge in [0, 0.05) is 10.8 Å². The lowest BCUT2D eigenvalue weighted by Crippen LogP contribution is -1.94. The zero-order valence-corrected chi connectivity index (χ0v) is 11.4. The fourth-order valence-electron chi connectivity index (χ4n) is 1.42. The zero-order chi connectivity index (χ0) is 12.3. The first-order chi connectivity index (χ1) is 8.19. The average molecular weight is 268 g/mol. The van der Waals surface area contributed by atoms with Crippen LogP contribution in [-0.4, -0.2) is 4.98 Å². The summed E-state index contributed by atoms with van der Waals surface area (Å²) in [6.07, 6.45) is 0. The number of nitrogens with zero attached hydrogens (tertiary/aromatic N) is 1. The van der Waals surface area contributed by atoms with E-state index in [1.165, 1.54) is 4.88 Å². The van der Waals surface area contributed by atoms with Crippen LogP contribution in [0.5, 0.6) is 5.75 Å². The van der Waals surface area contributed by atoms with E-state index < -0.39 is 0 Å². The van der Waals surface area contributed by atoms with Crippen molar-refractivity contribution in [2.75, 3.05) is 0 Å². The lowest BCUT2D eigenvalue weighted by atomic mass is 10.2. The molecule has 1 heterocycles. The van der Waals surface area contributed by atoms with Gasteiger partial charge < -0.3 is 4.74 Å². The van der Waals surface area contributed by atoms with Gasteiger partial charge in [-0.25, -0.2) is 4.98 Å². The van der Waals surface area contributed by atoms with Crippen LogP contribution < -0.4 is 4.74 Å². The number of benzene rings is 1. The lowest BCUT2D eigenvalue weighted by Gasteiger charge is -2.04. The molecule has 0 spiro atoms. The van der Waals surface area contributed by atoms with Crippen LogP contribution in [0.25, 0.3) is 0 Å². The summed E-state index contributed by atoms with van der Waals surface area (Å²) < 4.78 is 5.66. The Bertz CT molecular complexity index is 473. The summed E-state index contributed by atoms with van der Waals surface area (Å²) in [5.74, 6) is 1.38. The van der Waals surface area contributed by atoms with Crippen LogP contribution in [-0.2, 0) is 12.5 Å². The number of aryl methyl sites for hydroxylation is 2. The van der Waals surface area contributed by atoms with Crippen LogP contribution >= 0.6 is 22.9 Å². The number of alkyl halides is 1. The maximum Gasteiger partial charge on any atom is 0.140 e. The van der Waals surface area contributed by atoms with E-state index in [-0.39, 0.29) is 0 Å². The molecule has 2 rings (SSSR count). The van der Waals surface area contributed by atoms with Crippen molar-refractivity contribution in [1.29, 1.82) is 0 Å². The van der Waals surface area contributed by atoms with Crippen LogP contribution in [0.15, 0.2) is 24.3 Å². The molecule has 2 aromatic rings. The summed E-state index contributed by atoms with van der Waals surface area (Å²) in [6, 6.07) is 7.82. The molecule has 0 atom stereocenters. The molecule has 0 bridgehead atoms. The summed E-state index contributed by atoms with van der Waals surface area (Å²) >= 11 is 7.41. The molecule has 0 aliphatic rings. The Morgan fingerprint density at radius 2 is 1.94 bits per heavy atom. The van der Waals surface area contributed by atoms with Crippen molar-refractivity contribution in [3.63, 3.8) is 0 Å². The predicted octanol–water partition coefficient (Wildman–Crippen LogP) is 4.08. The minimum absolute atomic E-state index is 0.527. The second-order valence-corrected chi connectivity index (χ2v) is 5.37. The maximum atomic E-state index is 5.72. The molecule has 0 unspecified atom stereocenters. The second-order valence-electron chi connectivity index (χ2n) is 3.82. The van der Waals surface area contributed by atoms with Gasteiger partial charge in [0.25, 0.3) is 0 Å². The molecule has 0 aliphatic carbocycles. The summed E-state index contributed by atoms with van der Waals surface area (Å²) in [5.41, 5.74) is 2.19. The van der Waals surface area contributed by atoms with E-state index in [9.17, 15) is 0 Å². The minimum atomic E-state index is 0.527. The van der Waals surface area contributed by atoms with E-state index in [1.54, 1.807) is 11.3 Å². The van der Waals surface area contributed by atoms with E-state index in [0.29, 0.717) is 12.5 Å². The third-order valence-electron chi connectivity index (χ3n) is 2.51. The van der Waals surface area contributed by atoms with Gasteiger partial charge in [-0.05, 0) is 31.5 Å². The van der Waals surface area contributed by atoms with Crippen molar-refractivity contribution in [1.82, 2.24) is 4.98 Å². The minimum Gasteiger partial charge on any atom is -0.486 e.